The van der Waals surface area contributed by atoms with E-state index in [1.807, 2.05) is 0 Å². The number of H-pyrrole nitrogens is 1. The van der Waals surface area contributed by atoms with Gasteiger partial charge in [-0.1, -0.05) is 32.0 Å². The highest BCUT2D eigenvalue weighted by atomic mass is 16.5. The Hall–Kier alpha value is -1.89. The molecule has 0 spiro atoms. The standard InChI is InChI=1S/C28H37NO5/c1-25(2,33)22-14-20(30)28(24(31)32)19-10-9-15-13-17-16-7-5-6-8-18(16)29-23(17)27(15,4)26(19,3)12-11-21(28)34-22/h5-8,15,19-22,29-30,33H,9-14H2,1-4H3,(H,31,32)/t15-,19+,20+,21-,22-,26-,27+,28-/m0/s1. The predicted molar refractivity (Wildman–Crippen MR) is 129 cm³/mol. The summed E-state index contributed by atoms with van der Waals surface area (Å²) in [6, 6.07) is 8.46. The first-order chi connectivity index (χ1) is 16.0. The van der Waals surface area contributed by atoms with Gasteiger partial charge in [-0.05, 0) is 74.8 Å². The van der Waals surface area contributed by atoms with E-state index in [9.17, 15) is 20.1 Å². The van der Waals surface area contributed by atoms with Crippen LogP contribution in [0.4, 0.5) is 0 Å². The van der Waals surface area contributed by atoms with Crippen LogP contribution in [0.5, 0.6) is 0 Å². The summed E-state index contributed by atoms with van der Waals surface area (Å²) < 4.78 is 6.35. The molecule has 3 fully saturated rings. The highest BCUT2D eigenvalue weighted by molar-refractivity contribution is 5.86. The average Bonchev–Trinajstić information content (AvgIpc) is 3.27. The van der Waals surface area contributed by atoms with Gasteiger partial charge < -0.3 is 25.0 Å². The molecular weight excluding hydrogens is 430 g/mol. The van der Waals surface area contributed by atoms with Gasteiger partial charge in [0.15, 0.2) is 0 Å². The van der Waals surface area contributed by atoms with Gasteiger partial charge in [0.05, 0.1) is 23.9 Å². The maximum atomic E-state index is 13.1. The fourth-order valence-corrected chi connectivity index (χ4v) is 8.96. The first-order valence-electron chi connectivity index (χ1n) is 12.8. The molecule has 0 radical (unpaired) electrons. The minimum Gasteiger partial charge on any atom is -0.481 e. The summed E-state index contributed by atoms with van der Waals surface area (Å²) in [4.78, 5) is 16.9. The van der Waals surface area contributed by atoms with Gasteiger partial charge in [0, 0.05) is 28.4 Å². The SMILES string of the molecule is CC(C)(O)[C@@H]1C[C@@H](O)[C@]2(C(=O)O)[C@H](CC[C@@]3(C)[C@H]2CC[C@H]2Cc4c([nH]c5ccccc45)[C@@]23C)O1. The van der Waals surface area contributed by atoms with E-state index < -0.39 is 35.3 Å². The van der Waals surface area contributed by atoms with Crippen molar-refractivity contribution in [3.63, 3.8) is 0 Å². The van der Waals surface area contributed by atoms with Gasteiger partial charge in [0.25, 0.3) is 0 Å². The Kier molecular flexibility index (Phi) is 4.55. The molecule has 2 heterocycles. The van der Waals surface area contributed by atoms with Crippen LogP contribution in [-0.4, -0.2) is 50.2 Å². The van der Waals surface area contributed by atoms with Crippen LogP contribution in [0.3, 0.4) is 0 Å². The number of aliphatic hydroxyl groups excluding tert-OH is 1. The first-order valence-corrected chi connectivity index (χ1v) is 12.8. The molecule has 2 saturated carbocycles. The van der Waals surface area contributed by atoms with Gasteiger partial charge in [-0.3, -0.25) is 4.79 Å². The Bertz CT molecular complexity index is 1170. The second kappa shape index (κ2) is 6.86. The van der Waals surface area contributed by atoms with Crippen LogP contribution in [-0.2, 0) is 21.4 Å². The van der Waals surface area contributed by atoms with Crippen molar-refractivity contribution < 1.29 is 24.9 Å². The normalized spacial score (nSPS) is 43.6. The summed E-state index contributed by atoms with van der Waals surface area (Å²) >= 11 is 0. The molecule has 3 aliphatic carbocycles. The number of ether oxygens (including phenoxy) is 1. The van der Waals surface area contributed by atoms with Crippen molar-refractivity contribution in [1.29, 1.82) is 0 Å². The van der Waals surface area contributed by atoms with Crippen LogP contribution in [0.1, 0.15) is 71.1 Å². The zero-order chi connectivity index (χ0) is 24.3. The molecule has 184 valence electrons. The number of rotatable bonds is 2. The van der Waals surface area contributed by atoms with Crippen LogP contribution in [0.2, 0.25) is 0 Å². The summed E-state index contributed by atoms with van der Waals surface area (Å²) in [6.45, 7) is 7.97. The number of aromatic amines is 1. The minimum atomic E-state index is -1.36. The molecular formula is C28H37NO5. The molecule has 4 aliphatic rings. The maximum absolute atomic E-state index is 13.1. The van der Waals surface area contributed by atoms with Crippen LogP contribution in [0, 0.1) is 22.7 Å². The van der Waals surface area contributed by atoms with Crippen molar-refractivity contribution in [2.24, 2.45) is 22.7 Å². The summed E-state index contributed by atoms with van der Waals surface area (Å²) in [6.07, 6.45) is 2.03. The molecule has 6 heteroatoms. The van der Waals surface area contributed by atoms with Gasteiger partial charge in [0.1, 0.15) is 5.41 Å². The monoisotopic (exact) mass is 467 g/mol. The maximum Gasteiger partial charge on any atom is 0.315 e. The predicted octanol–water partition coefficient (Wildman–Crippen LogP) is 4.17. The lowest BCUT2D eigenvalue weighted by Crippen LogP contribution is -2.72. The zero-order valence-corrected chi connectivity index (χ0v) is 20.6. The third-order valence-electron chi connectivity index (χ3n) is 10.9. The van der Waals surface area contributed by atoms with E-state index >= 15 is 0 Å². The van der Waals surface area contributed by atoms with Gasteiger partial charge in [-0.25, -0.2) is 0 Å². The van der Waals surface area contributed by atoms with Gasteiger partial charge in [-0.15, -0.1) is 0 Å². The molecule has 2 aromatic rings. The number of para-hydroxylation sites is 1. The Morgan fingerprint density at radius 3 is 2.62 bits per heavy atom. The number of fused-ring (bicyclic) bond motifs is 9. The number of aliphatic hydroxyl groups is 2. The largest absolute Gasteiger partial charge is 0.481 e. The number of benzene rings is 1. The van der Waals surface area contributed by atoms with Gasteiger partial charge >= 0.3 is 5.97 Å². The molecule has 34 heavy (non-hydrogen) atoms. The van der Waals surface area contributed by atoms with Gasteiger partial charge in [0.2, 0.25) is 0 Å². The van der Waals surface area contributed by atoms with Crippen LogP contribution >= 0.6 is 0 Å². The van der Waals surface area contributed by atoms with E-state index in [2.05, 4.69) is 43.1 Å². The molecule has 4 N–H and O–H groups in total. The molecule has 0 amide bonds. The van der Waals surface area contributed by atoms with Crippen molar-refractivity contribution >= 4 is 16.9 Å². The second-order valence-electron chi connectivity index (χ2n) is 12.5. The van der Waals surface area contributed by atoms with Crippen molar-refractivity contribution in [1.82, 2.24) is 4.98 Å². The van der Waals surface area contributed by atoms with Crippen molar-refractivity contribution in [3.05, 3.63) is 35.5 Å². The van der Waals surface area contributed by atoms with E-state index in [1.54, 1.807) is 13.8 Å². The topological polar surface area (TPSA) is 103 Å². The lowest BCUT2D eigenvalue weighted by Gasteiger charge is -2.66. The Morgan fingerprint density at radius 1 is 1.18 bits per heavy atom. The van der Waals surface area contributed by atoms with E-state index in [-0.39, 0.29) is 23.2 Å². The number of carboxylic acid groups (broad SMARTS) is 1. The molecule has 0 unspecified atom stereocenters. The third kappa shape index (κ3) is 2.50. The molecule has 1 aliphatic heterocycles. The molecule has 0 bridgehead atoms. The minimum absolute atomic E-state index is 0.136. The smallest absolute Gasteiger partial charge is 0.315 e. The molecule has 6 nitrogen and oxygen atoms in total. The highest BCUT2D eigenvalue weighted by Crippen LogP contribution is 2.71. The number of aliphatic carboxylic acids is 1. The number of carboxylic acids is 1. The Balaban J connectivity index is 1.49. The summed E-state index contributed by atoms with van der Waals surface area (Å²) in [5.41, 5.74) is 0.795. The lowest BCUT2D eigenvalue weighted by molar-refractivity contribution is -0.283. The zero-order valence-electron chi connectivity index (χ0n) is 20.6. The molecule has 6 rings (SSSR count). The fraction of sp³-hybridized carbons (Fsp3) is 0.679. The van der Waals surface area contributed by atoms with Crippen LogP contribution < -0.4 is 0 Å². The number of nitrogens with one attached hydrogen (secondary N) is 1. The Morgan fingerprint density at radius 2 is 1.91 bits per heavy atom. The summed E-state index contributed by atoms with van der Waals surface area (Å²) in [5.74, 6) is -0.715. The molecule has 8 atom stereocenters. The third-order valence-corrected chi connectivity index (χ3v) is 10.9. The summed E-state index contributed by atoms with van der Waals surface area (Å²) in [5, 5.41) is 34.2. The van der Waals surface area contributed by atoms with E-state index in [0.717, 1.165) is 31.2 Å². The Labute approximate surface area is 200 Å². The van der Waals surface area contributed by atoms with Gasteiger partial charge in [-0.2, -0.15) is 0 Å². The van der Waals surface area contributed by atoms with Crippen molar-refractivity contribution in [2.45, 2.75) is 95.5 Å². The average molecular weight is 468 g/mol. The quantitative estimate of drug-likeness (QED) is 0.531. The van der Waals surface area contributed by atoms with Crippen LogP contribution in [0.15, 0.2) is 24.3 Å². The van der Waals surface area contributed by atoms with Crippen molar-refractivity contribution in [3.8, 4) is 0 Å². The number of hydrogen-bond donors (Lipinski definition) is 4. The van der Waals surface area contributed by atoms with E-state index in [1.165, 1.54) is 16.6 Å². The molecule has 1 aromatic heterocycles. The first kappa shape index (κ1) is 22.6. The lowest BCUT2D eigenvalue weighted by atomic mass is 9.39. The van der Waals surface area contributed by atoms with Crippen molar-refractivity contribution in [2.75, 3.05) is 0 Å². The molecule has 1 saturated heterocycles. The summed E-state index contributed by atoms with van der Waals surface area (Å²) in [7, 11) is 0. The van der Waals surface area contributed by atoms with E-state index in [4.69, 9.17) is 4.74 Å². The van der Waals surface area contributed by atoms with E-state index in [0.29, 0.717) is 12.3 Å². The molecule has 1 aromatic carbocycles. The fourth-order valence-electron chi connectivity index (χ4n) is 8.96. The number of aromatic nitrogens is 1. The van der Waals surface area contributed by atoms with Crippen LogP contribution in [0.25, 0.3) is 10.9 Å². The second-order valence-corrected chi connectivity index (χ2v) is 12.5. The number of carbonyl (C=O) groups is 1. The highest BCUT2D eigenvalue weighted by Gasteiger charge is 2.73. The number of hydrogen-bond acceptors (Lipinski definition) is 4.